The van der Waals surface area contributed by atoms with Crippen molar-refractivity contribution in [1.82, 2.24) is 0 Å². The number of hydrogen-bond donors (Lipinski definition) is 1. The van der Waals surface area contributed by atoms with Gasteiger partial charge in [-0.3, -0.25) is 0 Å². The fraction of sp³-hybridized carbons (Fsp3) is 0.571. The second-order valence-corrected chi connectivity index (χ2v) is 5.95. The van der Waals surface area contributed by atoms with Crippen LogP contribution in [0.15, 0.2) is 24.3 Å². The van der Waals surface area contributed by atoms with Gasteiger partial charge in [-0.15, -0.1) is 0 Å². The van der Waals surface area contributed by atoms with Crippen molar-refractivity contribution in [2.24, 2.45) is 0 Å². The molecule has 1 aromatic carbocycles. The van der Waals surface area contributed by atoms with E-state index in [0.29, 0.717) is 6.61 Å². The van der Waals surface area contributed by atoms with Gasteiger partial charge in [0.2, 0.25) is 0 Å². The molecule has 1 saturated heterocycles. The summed E-state index contributed by atoms with van der Waals surface area (Å²) in [6.07, 6.45) is 1.92. The van der Waals surface area contributed by atoms with E-state index in [9.17, 15) is 5.11 Å². The topological polar surface area (TPSA) is 29.5 Å². The van der Waals surface area contributed by atoms with E-state index in [1.165, 1.54) is 0 Å². The van der Waals surface area contributed by atoms with Crippen LogP contribution in [-0.2, 0) is 5.60 Å². The van der Waals surface area contributed by atoms with Gasteiger partial charge in [-0.25, -0.2) is 0 Å². The molecule has 0 amide bonds. The van der Waals surface area contributed by atoms with Crippen molar-refractivity contribution in [2.75, 3.05) is 12.4 Å². The predicted molar refractivity (Wildman–Crippen MR) is 72.7 cm³/mol. The monoisotopic (exact) mass is 252 g/mol. The van der Waals surface area contributed by atoms with Crippen molar-refractivity contribution in [1.29, 1.82) is 0 Å². The van der Waals surface area contributed by atoms with Crippen LogP contribution >= 0.6 is 11.8 Å². The molecule has 1 aromatic rings. The van der Waals surface area contributed by atoms with E-state index >= 15 is 0 Å². The van der Waals surface area contributed by atoms with Crippen molar-refractivity contribution in [3.05, 3.63) is 29.8 Å². The molecule has 1 heterocycles. The van der Waals surface area contributed by atoms with Crippen LogP contribution in [0.2, 0.25) is 0 Å². The first-order valence-corrected chi connectivity index (χ1v) is 7.29. The molecular formula is C14H20O2S. The van der Waals surface area contributed by atoms with E-state index in [4.69, 9.17) is 4.74 Å². The molecule has 17 heavy (non-hydrogen) atoms. The summed E-state index contributed by atoms with van der Waals surface area (Å²) >= 11 is 1.85. The highest BCUT2D eigenvalue weighted by Crippen LogP contribution is 2.41. The fourth-order valence-electron chi connectivity index (χ4n) is 2.34. The molecule has 1 fully saturated rings. The van der Waals surface area contributed by atoms with Gasteiger partial charge in [0.1, 0.15) is 11.4 Å². The Kier molecular flexibility index (Phi) is 4.00. The quantitative estimate of drug-likeness (QED) is 0.896. The molecule has 0 radical (unpaired) electrons. The lowest BCUT2D eigenvalue weighted by Gasteiger charge is -2.38. The maximum Gasteiger partial charge on any atom is 0.119 e. The van der Waals surface area contributed by atoms with Crippen LogP contribution in [0.1, 0.15) is 32.3 Å². The normalized spacial score (nSPS) is 29.0. The van der Waals surface area contributed by atoms with Gasteiger partial charge < -0.3 is 9.84 Å². The first-order valence-electron chi connectivity index (χ1n) is 6.24. The summed E-state index contributed by atoms with van der Waals surface area (Å²) in [6.45, 7) is 4.74. The van der Waals surface area contributed by atoms with Crippen LogP contribution in [0.5, 0.6) is 5.75 Å². The van der Waals surface area contributed by atoms with Gasteiger partial charge in [0.25, 0.3) is 0 Å². The molecule has 2 unspecified atom stereocenters. The summed E-state index contributed by atoms with van der Waals surface area (Å²) in [5.74, 6) is 2.00. The Morgan fingerprint density at radius 1 is 1.53 bits per heavy atom. The fourth-order valence-corrected chi connectivity index (χ4v) is 3.54. The molecule has 1 N–H and O–H groups in total. The van der Waals surface area contributed by atoms with E-state index in [0.717, 1.165) is 29.9 Å². The van der Waals surface area contributed by atoms with Crippen LogP contribution in [0.4, 0.5) is 0 Å². The maximum absolute atomic E-state index is 10.8. The zero-order valence-corrected chi connectivity index (χ0v) is 11.3. The Morgan fingerprint density at radius 3 is 3.06 bits per heavy atom. The van der Waals surface area contributed by atoms with Crippen LogP contribution in [0, 0.1) is 0 Å². The third kappa shape index (κ3) is 2.61. The minimum Gasteiger partial charge on any atom is -0.494 e. The first kappa shape index (κ1) is 12.8. The van der Waals surface area contributed by atoms with Crippen molar-refractivity contribution in [3.63, 3.8) is 0 Å². The van der Waals surface area contributed by atoms with Gasteiger partial charge in [-0.05, 0) is 43.2 Å². The number of benzene rings is 1. The largest absolute Gasteiger partial charge is 0.494 e. The minimum absolute atomic E-state index is 0.244. The first-order chi connectivity index (χ1) is 8.16. The van der Waals surface area contributed by atoms with Crippen molar-refractivity contribution < 1.29 is 9.84 Å². The molecule has 2 nitrogen and oxygen atoms in total. The van der Waals surface area contributed by atoms with E-state index < -0.39 is 5.60 Å². The Labute approximate surface area is 107 Å². The molecule has 0 saturated carbocycles. The molecule has 0 aromatic heterocycles. The third-order valence-electron chi connectivity index (χ3n) is 3.39. The zero-order valence-electron chi connectivity index (χ0n) is 10.5. The SMILES string of the molecule is CCOc1cccc(C2(O)CCCSC2C)c1. The van der Waals surface area contributed by atoms with Gasteiger partial charge in [0.15, 0.2) is 0 Å². The van der Waals surface area contributed by atoms with Crippen LogP contribution < -0.4 is 4.74 Å². The summed E-state index contributed by atoms with van der Waals surface area (Å²) < 4.78 is 5.50. The number of thioether (sulfide) groups is 1. The molecule has 2 atom stereocenters. The highest BCUT2D eigenvalue weighted by molar-refractivity contribution is 8.00. The summed E-state index contributed by atoms with van der Waals surface area (Å²) in [4.78, 5) is 0. The Morgan fingerprint density at radius 2 is 2.35 bits per heavy atom. The average Bonchev–Trinajstić information content (AvgIpc) is 2.34. The van der Waals surface area contributed by atoms with Gasteiger partial charge in [0, 0.05) is 5.25 Å². The second-order valence-electron chi connectivity index (χ2n) is 4.50. The number of aliphatic hydroxyl groups is 1. The lowest BCUT2D eigenvalue weighted by atomic mass is 9.86. The van der Waals surface area contributed by atoms with Gasteiger partial charge in [0.05, 0.1) is 6.61 Å². The molecule has 1 aliphatic heterocycles. The Balaban J connectivity index is 2.28. The highest BCUT2D eigenvalue weighted by atomic mass is 32.2. The van der Waals surface area contributed by atoms with Crippen molar-refractivity contribution in [2.45, 2.75) is 37.5 Å². The van der Waals surface area contributed by atoms with Crippen LogP contribution in [0.25, 0.3) is 0 Å². The van der Waals surface area contributed by atoms with Gasteiger partial charge in [-0.2, -0.15) is 11.8 Å². The van der Waals surface area contributed by atoms with Gasteiger partial charge >= 0.3 is 0 Å². The molecule has 94 valence electrons. The summed E-state index contributed by atoms with van der Waals surface area (Å²) in [7, 11) is 0. The number of hydrogen-bond acceptors (Lipinski definition) is 3. The molecule has 1 aliphatic rings. The smallest absolute Gasteiger partial charge is 0.119 e. The lowest BCUT2D eigenvalue weighted by molar-refractivity contribution is 0.0252. The standard InChI is InChI=1S/C14H20O2S/c1-3-16-13-7-4-6-12(10-13)14(15)8-5-9-17-11(14)2/h4,6-7,10-11,15H,3,5,8-9H2,1-2H3. The van der Waals surface area contributed by atoms with Gasteiger partial charge in [-0.1, -0.05) is 19.1 Å². The van der Waals surface area contributed by atoms with Crippen molar-refractivity contribution in [3.8, 4) is 5.75 Å². The molecule has 2 rings (SSSR count). The van der Waals surface area contributed by atoms with E-state index in [1.54, 1.807) is 0 Å². The maximum atomic E-state index is 10.8. The molecular weight excluding hydrogens is 232 g/mol. The minimum atomic E-state index is -0.698. The predicted octanol–water partition coefficient (Wildman–Crippen LogP) is 3.19. The lowest BCUT2D eigenvalue weighted by Crippen LogP contribution is -2.38. The third-order valence-corrected chi connectivity index (χ3v) is 4.80. The van der Waals surface area contributed by atoms with E-state index in [1.807, 2.05) is 43.0 Å². The van der Waals surface area contributed by atoms with Crippen LogP contribution in [0.3, 0.4) is 0 Å². The van der Waals surface area contributed by atoms with E-state index in [-0.39, 0.29) is 5.25 Å². The Hall–Kier alpha value is -0.670. The molecule has 3 heteroatoms. The molecule has 0 spiro atoms. The summed E-state index contributed by atoms with van der Waals surface area (Å²) in [5, 5.41) is 11.1. The summed E-state index contributed by atoms with van der Waals surface area (Å²) in [5.41, 5.74) is 0.291. The molecule has 0 bridgehead atoms. The van der Waals surface area contributed by atoms with Crippen LogP contribution in [-0.4, -0.2) is 22.7 Å². The van der Waals surface area contributed by atoms with E-state index in [2.05, 4.69) is 6.92 Å². The Bertz CT molecular complexity index is 380. The zero-order chi connectivity index (χ0) is 12.3. The highest BCUT2D eigenvalue weighted by Gasteiger charge is 2.38. The number of rotatable bonds is 3. The van der Waals surface area contributed by atoms with Crippen molar-refractivity contribution >= 4 is 11.8 Å². The summed E-state index contributed by atoms with van der Waals surface area (Å²) in [6, 6.07) is 7.89. The molecule has 0 aliphatic carbocycles. The number of ether oxygens (including phenoxy) is 1. The average molecular weight is 252 g/mol. The second kappa shape index (κ2) is 5.32.